The zero-order valence-corrected chi connectivity index (χ0v) is 19.8. The lowest BCUT2D eigenvalue weighted by atomic mass is 10.1. The van der Waals surface area contributed by atoms with Gasteiger partial charge in [0.25, 0.3) is 17.5 Å². The Bertz CT molecular complexity index is 922. The Kier molecular flexibility index (Phi) is 9.92. The molecule has 1 saturated heterocycles. The van der Waals surface area contributed by atoms with Crippen LogP contribution in [0.3, 0.4) is 0 Å². The smallest absolute Gasteiger partial charge is 0.329 e. The highest BCUT2D eigenvalue weighted by atomic mass is 35.5. The molecular formula is C20H25ClN4O7S. The number of esters is 1. The number of nitro groups is 1. The molecule has 1 N–H and O–H groups in total. The summed E-state index contributed by atoms with van der Waals surface area (Å²) < 4.78 is 5.15. The molecule has 0 spiro atoms. The van der Waals surface area contributed by atoms with E-state index in [0.717, 1.165) is 12.1 Å². The number of piperazine rings is 1. The van der Waals surface area contributed by atoms with Crippen molar-refractivity contribution >= 4 is 52.7 Å². The maximum Gasteiger partial charge on any atom is 0.329 e. The second-order valence-corrected chi connectivity index (χ2v) is 8.62. The molecule has 1 aromatic carbocycles. The lowest BCUT2D eigenvalue weighted by Crippen LogP contribution is -2.51. The monoisotopic (exact) mass is 500 g/mol. The minimum absolute atomic E-state index is 0.0244. The molecule has 0 aromatic heterocycles. The molecule has 0 unspecified atom stereocenters. The van der Waals surface area contributed by atoms with Crippen LogP contribution in [0.2, 0.25) is 5.02 Å². The number of non-ortho nitro benzene ring substituents is 1. The molecule has 0 aliphatic carbocycles. The van der Waals surface area contributed by atoms with Crippen molar-refractivity contribution < 1.29 is 28.8 Å². The molecule has 1 aliphatic rings. The van der Waals surface area contributed by atoms with Gasteiger partial charge in [0.15, 0.2) is 6.61 Å². The Hall–Kier alpha value is -2.86. The van der Waals surface area contributed by atoms with Crippen LogP contribution >= 0.6 is 23.4 Å². The van der Waals surface area contributed by atoms with Crippen molar-refractivity contribution in [2.45, 2.75) is 19.4 Å². The number of rotatable bonds is 9. The summed E-state index contributed by atoms with van der Waals surface area (Å²) in [5.74, 6) is -1.38. The first kappa shape index (κ1) is 26.4. The number of ether oxygens (including phenoxy) is 1. The van der Waals surface area contributed by atoms with Crippen molar-refractivity contribution in [3.8, 4) is 0 Å². The predicted octanol–water partition coefficient (Wildman–Crippen LogP) is 1.33. The summed E-state index contributed by atoms with van der Waals surface area (Å²) in [7, 11) is 0. The summed E-state index contributed by atoms with van der Waals surface area (Å²) in [6, 6.07) is 2.37. The number of amides is 3. The van der Waals surface area contributed by atoms with E-state index in [9.17, 15) is 29.3 Å². The molecule has 1 heterocycles. The fraction of sp³-hybridized carbons (Fsp3) is 0.500. The standard InChI is InChI=1S/C20H25ClN4O7S/c1-13(26)23-6-8-24(9-7-23)18(27)12-32-20(29)17(5-10-33-2)22-19(28)15-4-3-14(25(30)31)11-16(15)21/h3-4,11,17H,5-10,12H2,1-2H3,(H,22,28)/t17-/m0/s1. The van der Waals surface area contributed by atoms with Crippen LogP contribution in [-0.4, -0.2) is 89.3 Å². The highest BCUT2D eigenvalue weighted by Gasteiger charge is 2.27. The van der Waals surface area contributed by atoms with Crippen LogP contribution in [0.25, 0.3) is 0 Å². The van der Waals surface area contributed by atoms with Crippen molar-refractivity contribution in [3.63, 3.8) is 0 Å². The predicted molar refractivity (Wildman–Crippen MR) is 122 cm³/mol. The van der Waals surface area contributed by atoms with Gasteiger partial charge in [0.1, 0.15) is 6.04 Å². The van der Waals surface area contributed by atoms with Gasteiger partial charge in [0.2, 0.25) is 5.91 Å². The van der Waals surface area contributed by atoms with E-state index in [2.05, 4.69) is 5.32 Å². The van der Waals surface area contributed by atoms with Crippen LogP contribution in [0.15, 0.2) is 18.2 Å². The number of nitrogens with one attached hydrogen (secondary N) is 1. The fourth-order valence-corrected chi connectivity index (χ4v) is 3.85. The van der Waals surface area contributed by atoms with E-state index in [1.54, 1.807) is 4.90 Å². The molecule has 1 fully saturated rings. The second-order valence-electron chi connectivity index (χ2n) is 7.22. The summed E-state index contributed by atoms with van der Waals surface area (Å²) in [6.07, 6.45) is 2.09. The topological polar surface area (TPSA) is 139 Å². The quantitative estimate of drug-likeness (QED) is 0.304. The number of nitrogens with zero attached hydrogens (tertiary/aromatic N) is 3. The second kappa shape index (κ2) is 12.4. The van der Waals surface area contributed by atoms with Crippen LogP contribution in [0.4, 0.5) is 5.69 Å². The molecule has 0 saturated carbocycles. The van der Waals surface area contributed by atoms with Gasteiger partial charge in [-0.15, -0.1) is 0 Å². The highest BCUT2D eigenvalue weighted by Crippen LogP contribution is 2.22. The first-order chi connectivity index (χ1) is 15.6. The fourth-order valence-electron chi connectivity index (χ4n) is 3.12. The Morgan fingerprint density at radius 2 is 1.85 bits per heavy atom. The van der Waals surface area contributed by atoms with Crippen LogP contribution in [0.1, 0.15) is 23.7 Å². The number of carbonyl (C=O) groups excluding carboxylic acids is 4. The summed E-state index contributed by atoms with van der Waals surface area (Å²) in [5, 5.41) is 13.2. The molecule has 1 aliphatic heterocycles. The molecule has 2 rings (SSSR count). The maximum atomic E-state index is 12.6. The molecule has 0 radical (unpaired) electrons. The van der Waals surface area contributed by atoms with Crippen molar-refractivity contribution in [2.24, 2.45) is 0 Å². The van der Waals surface area contributed by atoms with Gasteiger partial charge < -0.3 is 19.9 Å². The third-order valence-corrected chi connectivity index (χ3v) is 5.98. The van der Waals surface area contributed by atoms with E-state index in [0.29, 0.717) is 31.9 Å². The zero-order chi connectivity index (χ0) is 24.5. The van der Waals surface area contributed by atoms with Crippen LogP contribution in [0.5, 0.6) is 0 Å². The number of halogens is 1. The van der Waals surface area contributed by atoms with Crippen molar-refractivity contribution in [1.29, 1.82) is 0 Å². The van der Waals surface area contributed by atoms with Crippen molar-refractivity contribution in [1.82, 2.24) is 15.1 Å². The number of carbonyl (C=O) groups is 4. The third-order valence-electron chi connectivity index (χ3n) is 5.02. The highest BCUT2D eigenvalue weighted by molar-refractivity contribution is 7.98. The van der Waals surface area contributed by atoms with E-state index in [1.165, 1.54) is 29.7 Å². The first-order valence-corrected chi connectivity index (χ1v) is 11.8. The average Bonchev–Trinajstić information content (AvgIpc) is 2.79. The summed E-state index contributed by atoms with van der Waals surface area (Å²) >= 11 is 7.45. The van der Waals surface area contributed by atoms with Crippen LogP contribution < -0.4 is 5.32 Å². The third kappa shape index (κ3) is 7.60. The lowest BCUT2D eigenvalue weighted by Gasteiger charge is -2.34. The Balaban J connectivity index is 1.96. The maximum absolute atomic E-state index is 12.6. The minimum Gasteiger partial charge on any atom is -0.454 e. The van der Waals surface area contributed by atoms with Crippen LogP contribution in [0, 0.1) is 10.1 Å². The summed E-state index contributed by atoms with van der Waals surface area (Å²) in [6.45, 7) is 2.51. The Labute approximate surface area is 199 Å². The molecule has 33 heavy (non-hydrogen) atoms. The van der Waals surface area contributed by atoms with E-state index in [4.69, 9.17) is 16.3 Å². The van der Waals surface area contributed by atoms with Gasteiger partial charge in [-0.25, -0.2) is 4.79 Å². The largest absolute Gasteiger partial charge is 0.454 e. The van der Waals surface area contributed by atoms with Gasteiger partial charge in [0.05, 0.1) is 15.5 Å². The summed E-state index contributed by atoms with van der Waals surface area (Å²) in [5.41, 5.74) is -0.291. The van der Waals surface area contributed by atoms with Gasteiger partial charge in [-0.1, -0.05) is 11.6 Å². The van der Waals surface area contributed by atoms with Gasteiger partial charge in [-0.05, 0) is 24.5 Å². The molecule has 1 aromatic rings. The van der Waals surface area contributed by atoms with Crippen molar-refractivity contribution in [2.75, 3.05) is 44.8 Å². The van der Waals surface area contributed by atoms with Gasteiger partial charge in [-0.3, -0.25) is 24.5 Å². The Morgan fingerprint density at radius 1 is 1.21 bits per heavy atom. The molecule has 180 valence electrons. The van der Waals surface area contributed by atoms with E-state index in [1.807, 2.05) is 6.26 Å². The van der Waals surface area contributed by atoms with Gasteiger partial charge in [-0.2, -0.15) is 11.8 Å². The molecule has 13 heteroatoms. The minimum atomic E-state index is -1.03. The van der Waals surface area contributed by atoms with Crippen molar-refractivity contribution in [3.05, 3.63) is 38.9 Å². The lowest BCUT2D eigenvalue weighted by molar-refractivity contribution is -0.384. The normalized spacial score (nSPS) is 14.4. The molecule has 0 bridgehead atoms. The number of benzene rings is 1. The van der Waals surface area contributed by atoms with E-state index >= 15 is 0 Å². The number of nitro benzene ring substituents is 1. The molecule has 11 nitrogen and oxygen atoms in total. The number of thioether (sulfide) groups is 1. The van der Waals surface area contributed by atoms with Gasteiger partial charge in [0, 0.05) is 45.2 Å². The average molecular weight is 501 g/mol. The number of hydrogen-bond acceptors (Lipinski definition) is 8. The number of hydrogen-bond donors (Lipinski definition) is 1. The SMILES string of the molecule is CSCC[C@H](NC(=O)c1ccc([N+](=O)[O-])cc1Cl)C(=O)OCC(=O)N1CCN(C(C)=O)CC1. The first-order valence-electron chi connectivity index (χ1n) is 10.1. The molecular weight excluding hydrogens is 476 g/mol. The van der Waals surface area contributed by atoms with Gasteiger partial charge >= 0.3 is 5.97 Å². The Morgan fingerprint density at radius 3 is 2.39 bits per heavy atom. The van der Waals surface area contributed by atoms with E-state index in [-0.39, 0.29) is 34.5 Å². The molecule has 1 atom stereocenters. The van der Waals surface area contributed by atoms with Crippen LogP contribution in [-0.2, 0) is 19.1 Å². The molecule has 3 amide bonds. The van der Waals surface area contributed by atoms with E-state index < -0.39 is 29.4 Å². The summed E-state index contributed by atoms with van der Waals surface area (Å²) in [4.78, 5) is 62.3. The zero-order valence-electron chi connectivity index (χ0n) is 18.2.